The van der Waals surface area contributed by atoms with Crippen LogP contribution in [0.4, 0.5) is 0 Å². The largest absolute Gasteiger partial charge is 0.314 e. The van der Waals surface area contributed by atoms with E-state index in [1.807, 2.05) is 0 Å². The highest BCUT2D eigenvalue weighted by Gasteiger charge is 2.20. The number of hydrogen-bond donors (Lipinski definition) is 1. The molecule has 0 amide bonds. The van der Waals surface area contributed by atoms with E-state index < -0.39 is 0 Å². The maximum atomic E-state index is 3.42. The average Bonchev–Trinajstić information content (AvgIpc) is 2.36. The molecule has 2 rings (SSSR count). The molecule has 17 heavy (non-hydrogen) atoms. The molecule has 1 aromatic rings. The molecule has 1 atom stereocenters. The van der Waals surface area contributed by atoms with E-state index in [9.17, 15) is 0 Å². The first-order valence-corrected chi connectivity index (χ1v) is 6.74. The minimum absolute atomic E-state index is 0.594. The smallest absolute Gasteiger partial charge is 0.0346 e. The van der Waals surface area contributed by atoms with Crippen molar-refractivity contribution in [3.63, 3.8) is 0 Å². The van der Waals surface area contributed by atoms with Gasteiger partial charge in [0, 0.05) is 32.2 Å². The second-order valence-electron chi connectivity index (χ2n) is 5.05. The third-order valence-electron chi connectivity index (χ3n) is 3.89. The van der Waals surface area contributed by atoms with Crippen LogP contribution in [0.3, 0.4) is 0 Å². The molecule has 0 aromatic heterocycles. The molecular formula is C15H24N2. The van der Waals surface area contributed by atoms with Gasteiger partial charge in [-0.3, -0.25) is 4.90 Å². The van der Waals surface area contributed by atoms with Crippen molar-refractivity contribution >= 4 is 0 Å². The Balaban J connectivity index is 2.18. The van der Waals surface area contributed by atoms with Gasteiger partial charge in [0.15, 0.2) is 0 Å². The Morgan fingerprint density at radius 3 is 2.47 bits per heavy atom. The van der Waals surface area contributed by atoms with E-state index in [2.05, 4.69) is 49.2 Å². The fourth-order valence-corrected chi connectivity index (χ4v) is 2.67. The molecule has 1 N–H and O–H groups in total. The van der Waals surface area contributed by atoms with Gasteiger partial charge < -0.3 is 5.32 Å². The highest BCUT2D eigenvalue weighted by atomic mass is 15.2. The van der Waals surface area contributed by atoms with E-state index >= 15 is 0 Å². The first kappa shape index (κ1) is 12.6. The second-order valence-corrected chi connectivity index (χ2v) is 5.05. The van der Waals surface area contributed by atoms with E-state index in [0.717, 1.165) is 13.1 Å². The molecule has 0 radical (unpaired) electrons. The van der Waals surface area contributed by atoms with Crippen LogP contribution < -0.4 is 5.32 Å². The Bertz CT molecular complexity index is 367. The molecule has 94 valence electrons. The highest BCUT2D eigenvalue weighted by molar-refractivity contribution is 5.31. The summed E-state index contributed by atoms with van der Waals surface area (Å²) in [7, 11) is 0. The number of rotatable bonds is 3. The van der Waals surface area contributed by atoms with Crippen molar-refractivity contribution in [2.24, 2.45) is 0 Å². The van der Waals surface area contributed by atoms with Crippen LogP contribution in [-0.2, 0) is 0 Å². The normalized spacial score (nSPS) is 19.2. The summed E-state index contributed by atoms with van der Waals surface area (Å²) in [6.45, 7) is 11.3. The Morgan fingerprint density at radius 1 is 1.18 bits per heavy atom. The second kappa shape index (κ2) is 5.65. The van der Waals surface area contributed by atoms with Crippen molar-refractivity contribution < 1.29 is 0 Å². The third-order valence-corrected chi connectivity index (χ3v) is 3.89. The molecule has 1 fully saturated rings. The van der Waals surface area contributed by atoms with Gasteiger partial charge in [-0.2, -0.15) is 0 Å². The maximum absolute atomic E-state index is 3.42. The zero-order valence-corrected chi connectivity index (χ0v) is 11.3. The van der Waals surface area contributed by atoms with Crippen molar-refractivity contribution in [1.29, 1.82) is 0 Å². The summed E-state index contributed by atoms with van der Waals surface area (Å²) in [6, 6.07) is 7.52. The number of benzene rings is 1. The van der Waals surface area contributed by atoms with E-state index in [0.29, 0.717) is 6.04 Å². The third kappa shape index (κ3) is 2.88. The molecule has 0 saturated carbocycles. The lowest BCUT2D eigenvalue weighted by atomic mass is 9.98. The van der Waals surface area contributed by atoms with Crippen LogP contribution in [-0.4, -0.2) is 31.1 Å². The van der Waals surface area contributed by atoms with Crippen LogP contribution in [0.15, 0.2) is 18.2 Å². The molecule has 0 spiro atoms. The predicted octanol–water partition coefficient (Wildman–Crippen LogP) is 2.66. The standard InChI is InChI=1S/C15H24N2/c1-4-15(17-9-7-16-8-10-17)14-6-5-12(2)13(3)11-14/h5-6,11,15-16H,4,7-10H2,1-3H3/t15-/m1/s1. The number of aryl methyl sites for hydroxylation is 2. The van der Waals surface area contributed by atoms with Crippen LogP contribution in [0, 0.1) is 13.8 Å². The molecule has 1 saturated heterocycles. The summed E-state index contributed by atoms with van der Waals surface area (Å²) in [5, 5.41) is 3.42. The molecule has 2 heteroatoms. The van der Waals surface area contributed by atoms with Gasteiger partial charge in [-0.05, 0) is 37.0 Å². The molecule has 0 unspecified atom stereocenters. The molecule has 0 aliphatic carbocycles. The Kier molecular flexibility index (Phi) is 4.19. The Labute approximate surface area is 105 Å². The minimum atomic E-state index is 0.594. The number of piperazine rings is 1. The van der Waals surface area contributed by atoms with Crippen molar-refractivity contribution in [3.8, 4) is 0 Å². The van der Waals surface area contributed by atoms with Crippen LogP contribution in [0.2, 0.25) is 0 Å². The summed E-state index contributed by atoms with van der Waals surface area (Å²) >= 11 is 0. The maximum Gasteiger partial charge on any atom is 0.0346 e. The molecule has 1 aliphatic rings. The summed E-state index contributed by atoms with van der Waals surface area (Å²) in [6.07, 6.45) is 1.20. The van der Waals surface area contributed by atoms with Crippen LogP contribution in [0.1, 0.15) is 36.1 Å². The number of nitrogens with zero attached hydrogens (tertiary/aromatic N) is 1. The topological polar surface area (TPSA) is 15.3 Å². The quantitative estimate of drug-likeness (QED) is 0.862. The van der Waals surface area contributed by atoms with Gasteiger partial charge in [-0.25, -0.2) is 0 Å². The summed E-state index contributed by atoms with van der Waals surface area (Å²) < 4.78 is 0. The minimum Gasteiger partial charge on any atom is -0.314 e. The summed E-state index contributed by atoms with van der Waals surface area (Å²) in [5.41, 5.74) is 4.29. The van der Waals surface area contributed by atoms with Crippen molar-refractivity contribution in [2.75, 3.05) is 26.2 Å². The van der Waals surface area contributed by atoms with Crippen LogP contribution in [0.5, 0.6) is 0 Å². The average molecular weight is 232 g/mol. The van der Waals surface area contributed by atoms with Gasteiger partial charge in [0.2, 0.25) is 0 Å². The van der Waals surface area contributed by atoms with Crippen LogP contribution in [0.25, 0.3) is 0 Å². The molecule has 0 bridgehead atoms. The number of nitrogens with one attached hydrogen (secondary N) is 1. The van der Waals surface area contributed by atoms with E-state index in [1.165, 1.54) is 36.2 Å². The van der Waals surface area contributed by atoms with Crippen LogP contribution >= 0.6 is 0 Å². The zero-order chi connectivity index (χ0) is 12.3. The van der Waals surface area contributed by atoms with E-state index in [4.69, 9.17) is 0 Å². The van der Waals surface area contributed by atoms with E-state index in [-0.39, 0.29) is 0 Å². The van der Waals surface area contributed by atoms with Gasteiger partial charge in [-0.15, -0.1) is 0 Å². The summed E-state index contributed by atoms with van der Waals surface area (Å²) in [5.74, 6) is 0. The SMILES string of the molecule is CC[C@H](c1ccc(C)c(C)c1)N1CCNCC1. The summed E-state index contributed by atoms with van der Waals surface area (Å²) in [4.78, 5) is 2.61. The Hall–Kier alpha value is -0.860. The first-order chi connectivity index (χ1) is 8.22. The lowest BCUT2D eigenvalue weighted by Crippen LogP contribution is -2.45. The van der Waals surface area contributed by atoms with Gasteiger partial charge in [0.05, 0.1) is 0 Å². The van der Waals surface area contributed by atoms with Gasteiger partial charge >= 0.3 is 0 Å². The Morgan fingerprint density at radius 2 is 1.88 bits per heavy atom. The fourth-order valence-electron chi connectivity index (χ4n) is 2.67. The van der Waals surface area contributed by atoms with Crippen molar-refractivity contribution in [1.82, 2.24) is 10.2 Å². The first-order valence-electron chi connectivity index (χ1n) is 6.74. The number of hydrogen-bond acceptors (Lipinski definition) is 2. The molecule has 1 heterocycles. The van der Waals surface area contributed by atoms with Gasteiger partial charge in [0.1, 0.15) is 0 Å². The van der Waals surface area contributed by atoms with Gasteiger partial charge in [-0.1, -0.05) is 25.1 Å². The lowest BCUT2D eigenvalue weighted by Gasteiger charge is -2.35. The zero-order valence-electron chi connectivity index (χ0n) is 11.3. The van der Waals surface area contributed by atoms with Crippen molar-refractivity contribution in [2.45, 2.75) is 33.2 Å². The fraction of sp³-hybridized carbons (Fsp3) is 0.600. The van der Waals surface area contributed by atoms with Crippen molar-refractivity contribution in [3.05, 3.63) is 34.9 Å². The predicted molar refractivity (Wildman–Crippen MR) is 73.4 cm³/mol. The highest BCUT2D eigenvalue weighted by Crippen LogP contribution is 2.26. The molecule has 1 aromatic carbocycles. The molecular weight excluding hydrogens is 208 g/mol. The molecule has 2 nitrogen and oxygen atoms in total. The van der Waals surface area contributed by atoms with Gasteiger partial charge in [0.25, 0.3) is 0 Å². The molecule has 1 aliphatic heterocycles. The monoisotopic (exact) mass is 232 g/mol. The lowest BCUT2D eigenvalue weighted by molar-refractivity contribution is 0.169. The van der Waals surface area contributed by atoms with E-state index in [1.54, 1.807) is 0 Å².